The van der Waals surface area contributed by atoms with Gasteiger partial charge < -0.3 is 4.42 Å². The zero-order chi connectivity index (χ0) is 41.4. The van der Waals surface area contributed by atoms with Gasteiger partial charge in [0, 0.05) is 49.2 Å². The van der Waals surface area contributed by atoms with Crippen LogP contribution in [0.25, 0.3) is 132 Å². The first-order chi connectivity index (χ1) is 31.2. The minimum Gasteiger partial charge on any atom is -0.455 e. The largest absolute Gasteiger partial charge is 0.455 e. The summed E-state index contributed by atoms with van der Waals surface area (Å²) in [6.07, 6.45) is 0. The Morgan fingerprint density at radius 2 is 0.857 bits per heavy atom. The number of aromatic nitrogens is 4. The lowest BCUT2D eigenvalue weighted by Gasteiger charge is -2.13. The van der Waals surface area contributed by atoms with Gasteiger partial charge in [-0.25, -0.2) is 19.9 Å². The second kappa shape index (κ2) is 14.0. The zero-order valence-corrected chi connectivity index (χ0v) is 33.8. The molecule has 0 saturated carbocycles. The maximum atomic E-state index is 6.81. The first-order valence-electron chi connectivity index (χ1n) is 21.2. The lowest BCUT2D eigenvalue weighted by Crippen LogP contribution is -2.01. The smallest absolute Gasteiger partial charge is 0.164 e. The molecule has 3 heterocycles. The van der Waals surface area contributed by atoms with Crippen LogP contribution >= 0.6 is 0 Å². The van der Waals surface area contributed by atoms with Crippen LogP contribution in [0.2, 0.25) is 0 Å². The van der Waals surface area contributed by atoms with Crippen molar-refractivity contribution < 1.29 is 4.42 Å². The number of para-hydroxylation sites is 1. The highest BCUT2D eigenvalue weighted by Gasteiger charge is 2.20. The highest BCUT2D eigenvalue weighted by Crippen LogP contribution is 2.43. The van der Waals surface area contributed by atoms with Crippen LogP contribution < -0.4 is 0 Å². The third kappa shape index (κ3) is 5.78. The van der Waals surface area contributed by atoms with Crippen LogP contribution in [-0.2, 0) is 0 Å². The Kier molecular flexibility index (Phi) is 7.84. The highest BCUT2D eigenvalue weighted by molar-refractivity contribution is 6.25. The number of nitrogens with zero attached hydrogens (tertiary/aromatic N) is 4. The van der Waals surface area contributed by atoms with Crippen molar-refractivity contribution >= 4 is 75.9 Å². The van der Waals surface area contributed by atoms with Gasteiger partial charge in [0.2, 0.25) is 0 Å². The van der Waals surface area contributed by atoms with E-state index >= 15 is 0 Å². The van der Waals surface area contributed by atoms with Crippen LogP contribution in [0, 0.1) is 0 Å². The number of hydrogen-bond acceptors (Lipinski definition) is 5. The first-order valence-corrected chi connectivity index (χ1v) is 21.2. The minimum absolute atomic E-state index is 0.624. The van der Waals surface area contributed by atoms with Crippen LogP contribution in [0.5, 0.6) is 0 Å². The molecule has 13 aromatic rings. The molecule has 63 heavy (non-hydrogen) atoms. The van der Waals surface area contributed by atoms with E-state index in [0.717, 1.165) is 104 Å². The van der Waals surface area contributed by atoms with Crippen molar-refractivity contribution in [1.29, 1.82) is 0 Å². The Morgan fingerprint density at radius 1 is 0.302 bits per heavy atom. The van der Waals surface area contributed by atoms with Crippen LogP contribution in [0.1, 0.15) is 0 Å². The summed E-state index contributed by atoms with van der Waals surface area (Å²) in [5.41, 5.74) is 9.72. The number of rotatable bonds is 5. The van der Waals surface area contributed by atoms with Gasteiger partial charge in [0.05, 0.1) is 11.2 Å². The molecule has 0 radical (unpaired) electrons. The Hall–Kier alpha value is -8.54. The number of furan rings is 1. The topological polar surface area (TPSA) is 64.7 Å². The molecule has 292 valence electrons. The summed E-state index contributed by atoms with van der Waals surface area (Å²) in [6, 6.07) is 72.2. The molecular formula is C58H34N4O. The summed E-state index contributed by atoms with van der Waals surface area (Å²) in [7, 11) is 0. The number of hydrogen-bond donors (Lipinski definition) is 0. The molecule has 5 heteroatoms. The molecule has 0 aliphatic rings. The van der Waals surface area contributed by atoms with Crippen LogP contribution in [-0.4, -0.2) is 19.9 Å². The number of benzene rings is 10. The molecule has 0 aliphatic heterocycles. The second-order valence-electron chi connectivity index (χ2n) is 16.2. The second-order valence-corrected chi connectivity index (χ2v) is 16.2. The third-order valence-electron chi connectivity index (χ3n) is 12.5. The lowest BCUT2D eigenvalue weighted by molar-refractivity contribution is 0.673. The summed E-state index contributed by atoms with van der Waals surface area (Å²) < 4.78 is 6.81. The maximum absolute atomic E-state index is 6.81. The van der Waals surface area contributed by atoms with E-state index in [-0.39, 0.29) is 0 Å². The summed E-state index contributed by atoms with van der Waals surface area (Å²) >= 11 is 0. The average Bonchev–Trinajstić information content (AvgIpc) is 3.74. The monoisotopic (exact) mass is 802 g/mol. The molecule has 0 spiro atoms. The lowest BCUT2D eigenvalue weighted by atomic mass is 9.93. The molecule has 0 amide bonds. The van der Waals surface area contributed by atoms with Gasteiger partial charge in [0.15, 0.2) is 17.5 Å². The maximum Gasteiger partial charge on any atom is 0.164 e. The molecular weight excluding hydrogens is 769 g/mol. The molecule has 0 N–H and O–H groups in total. The number of fused-ring (bicyclic) bond motifs is 10. The van der Waals surface area contributed by atoms with Gasteiger partial charge in [0.1, 0.15) is 11.2 Å². The Labute approximate surface area is 361 Å². The van der Waals surface area contributed by atoms with E-state index in [1.165, 1.54) is 10.8 Å². The Bertz CT molecular complexity index is 3890. The first kappa shape index (κ1) is 35.2. The minimum atomic E-state index is 0.624. The van der Waals surface area contributed by atoms with Crippen molar-refractivity contribution in [1.82, 2.24) is 19.9 Å². The van der Waals surface area contributed by atoms with Gasteiger partial charge in [-0.15, -0.1) is 0 Å². The molecule has 0 atom stereocenters. The summed E-state index contributed by atoms with van der Waals surface area (Å²) in [5, 5.41) is 12.1. The standard InChI is InChI=1S/C58H34N4O/c1-2-14-37(15-3-1)54-49-30-28-46-50-34-40(26-31-52(50)63-55(46)53(49)48-20-10-11-21-51(48)59-54)43-27-29-47(45-19-9-8-18-44(43)45)58-61-56(41-24-22-35-12-4-6-16-38(35)32-41)60-57(62-58)42-25-23-36-13-5-7-17-39(36)33-42/h1-34H. The van der Waals surface area contributed by atoms with Crippen molar-refractivity contribution in [3.63, 3.8) is 0 Å². The van der Waals surface area contributed by atoms with E-state index < -0.39 is 0 Å². The summed E-state index contributed by atoms with van der Waals surface area (Å²) in [6.45, 7) is 0. The van der Waals surface area contributed by atoms with E-state index in [0.29, 0.717) is 17.5 Å². The summed E-state index contributed by atoms with van der Waals surface area (Å²) in [4.78, 5) is 20.7. The Morgan fingerprint density at radius 3 is 1.57 bits per heavy atom. The normalized spacial score (nSPS) is 11.8. The molecule has 3 aromatic heterocycles. The highest BCUT2D eigenvalue weighted by atomic mass is 16.3. The van der Waals surface area contributed by atoms with Crippen LogP contribution in [0.15, 0.2) is 211 Å². The Balaban J connectivity index is 0.982. The van der Waals surface area contributed by atoms with E-state index in [2.05, 4.69) is 194 Å². The SMILES string of the molecule is c1ccc(-c2nc3ccccc3c3c2ccc2c4cc(-c5ccc(-c6nc(-c7ccc8ccccc8c7)nc(-c7ccc8ccccc8c7)n6)c6ccccc56)ccc4oc23)cc1. The average molecular weight is 803 g/mol. The van der Waals surface area contributed by atoms with Crippen molar-refractivity contribution in [2.45, 2.75) is 0 Å². The van der Waals surface area contributed by atoms with Gasteiger partial charge in [-0.2, -0.15) is 0 Å². The van der Waals surface area contributed by atoms with E-state index in [9.17, 15) is 0 Å². The van der Waals surface area contributed by atoms with E-state index in [4.69, 9.17) is 24.4 Å². The molecule has 5 nitrogen and oxygen atoms in total. The van der Waals surface area contributed by atoms with Crippen LogP contribution in [0.3, 0.4) is 0 Å². The van der Waals surface area contributed by atoms with Gasteiger partial charge >= 0.3 is 0 Å². The van der Waals surface area contributed by atoms with Crippen LogP contribution in [0.4, 0.5) is 0 Å². The molecule has 0 bridgehead atoms. The molecule has 0 fully saturated rings. The van der Waals surface area contributed by atoms with E-state index in [1.54, 1.807) is 0 Å². The molecule has 0 aliphatic carbocycles. The third-order valence-corrected chi connectivity index (χ3v) is 12.5. The fourth-order valence-corrected chi connectivity index (χ4v) is 9.41. The molecule has 10 aromatic carbocycles. The fourth-order valence-electron chi connectivity index (χ4n) is 9.41. The fraction of sp³-hybridized carbons (Fsp3) is 0. The van der Waals surface area contributed by atoms with Gasteiger partial charge in [-0.1, -0.05) is 164 Å². The van der Waals surface area contributed by atoms with Crippen molar-refractivity contribution in [2.24, 2.45) is 0 Å². The van der Waals surface area contributed by atoms with Crippen molar-refractivity contribution in [3.05, 3.63) is 206 Å². The predicted octanol–water partition coefficient (Wildman–Crippen LogP) is 15.3. The predicted molar refractivity (Wildman–Crippen MR) is 260 cm³/mol. The van der Waals surface area contributed by atoms with Crippen molar-refractivity contribution in [2.75, 3.05) is 0 Å². The molecule has 0 saturated heterocycles. The van der Waals surface area contributed by atoms with Gasteiger partial charge in [-0.05, 0) is 85.9 Å². The number of pyridine rings is 1. The van der Waals surface area contributed by atoms with Gasteiger partial charge in [0.25, 0.3) is 0 Å². The van der Waals surface area contributed by atoms with Gasteiger partial charge in [-0.3, -0.25) is 0 Å². The van der Waals surface area contributed by atoms with E-state index in [1.807, 2.05) is 12.1 Å². The van der Waals surface area contributed by atoms with Crippen molar-refractivity contribution in [3.8, 4) is 56.5 Å². The zero-order valence-electron chi connectivity index (χ0n) is 33.8. The molecule has 13 rings (SSSR count). The summed E-state index contributed by atoms with van der Waals surface area (Å²) in [5.74, 6) is 1.89. The molecule has 0 unspecified atom stereocenters. The quantitative estimate of drug-likeness (QED) is 0.162.